The zero-order chi connectivity index (χ0) is 23.4. The minimum absolute atomic E-state index is 0.188. The number of nitrogens with one attached hydrogen (secondary N) is 1. The van der Waals surface area contributed by atoms with Crippen LogP contribution in [-0.4, -0.2) is 20.7 Å². The minimum atomic E-state index is -4.35. The van der Waals surface area contributed by atoms with Crippen LogP contribution in [0, 0.1) is 0 Å². The Morgan fingerprint density at radius 1 is 1.09 bits per heavy atom. The highest BCUT2D eigenvalue weighted by Crippen LogP contribution is 2.60. The Bertz CT molecular complexity index is 1100. The van der Waals surface area contributed by atoms with Crippen molar-refractivity contribution in [2.45, 2.75) is 44.7 Å². The molecule has 0 bridgehead atoms. The van der Waals surface area contributed by atoms with Crippen molar-refractivity contribution in [3.05, 3.63) is 71.3 Å². The summed E-state index contributed by atoms with van der Waals surface area (Å²) in [5.41, 5.74) is 2.64. The molecule has 0 saturated carbocycles. The molecule has 0 aliphatic carbocycles. The first-order chi connectivity index (χ1) is 15.2. The molecular formula is C23H26ClN2O5P. The summed E-state index contributed by atoms with van der Waals surface area (Å²) in [5, 5.41) is 2.21. The monoisotopic (exact) mass is 476 g/mol. The second-order valence-corrected chi connectivity index (χ2v) is 9.92. The lowest BCUT2D eigenvalue weighted by Crippen LogP contribution is -2.24. The third-order valence-electron chi connectivity index (χ3n) is 5.77. The molecule has 1 amide bonds. The van der Waals surface area contributed by atoms with E-state index in [4.69, 9.17) is 16.0 Å². The molecule has 1 aromatic heterocycles. The summed E-state index contributed by atoms with van der Waals surface area (Å²) in [5.74, 6) is 0.401. The van der Waals surface area contributed by atoms with E-state index < -0.39 is 12.8 Å². The molecule has 0 aliphatic rings. The van der Waals surface area contributed by atoms with Crippen LogP contribution in [0.5, 0.6) is 0 Å². The molecule has 0 saturated heterocycles. The van der Waals surface area contributed by atoms with Gasteiger partial charge >= 0.3 is 7.60 Å². The number of halogens is 1. The fourth-order valence-corrected chi connectivity index (χ4v) is 5.28. The van der Waals surface area contributed by atoms with Gasteiger partial charge in [-0.15, -0.1) is 0 Å². The number of carbonyl (C=O) groups excluding carboxylic acids is 1. The second-order valence-electron chi connectivity index (χ2n) is 7.54. The number of amides is 1. The highest BCUT2D eigenvalue weighted by atomic mass is 35.5. The van der Waals surface area contributed by atoms with E-state index in [1.807, 2.05) is 12.1 Å². The van der Waals surface area contributed by atoms with E-state index in [-0.39, 0.29) is 12.3 Å². The molecule has 0 spiro atoms. The van der Waals surface area contributed by atoms with Crippen molar-refractivity contribution in [2.75, 3.05) is 5.32 Å². The Balaban J connectivity index is 1.65. The second kappa shape index (κ2) is 10.0. The van der Waals surface area contributed by atoms with Crippen LogP contribution in [0.3, 0.4) is 0 Å². The molecule has 3 rings (SSSR count). The topological polar surface area (TPSA) is 113 Å². The first kappa shape index (κ1) is 24.2. The third-order valence-corrected chi connectivity index (χ3v) is 8.03. The molecule has 0 unspecified atom stereocenters. The molecular weight excluding hydrogens is 451 g/mol. The molecule has 2 aromatic carbocycles. The summed E-state index contributed by atoms with van der Waals surface area (Å²) in [4.78, 5) is 36.5. The van der Waals surface area contributed by atoms with Crippen LogP contribution in [0.2, 0.25) is 5.02 Å². The van der Waals surface area contributed by atoms with Gasteiger partial charge in [0.2, 0.25) is 5.91 Å². The van der Waals surface area contributed by atoms with E-state index >= 15 is 0 Å². The van der Waals surface area contributed by atoms with E-state index in [0.29, 0.717) is 47.0 Å². The van der Waals surface area contributed by atoms with E-state index in [2.05, 4.69) is 10.3 Å². The van der Waals surface area contributed by atoms with Crippen molar-refractivity contribution in [1.82, 2.24) is 4.98 Å². The Morgan fingerprint density at radius 3 is 2.28 bits per heavy atom. The number of carbonyl (C=O) groups is 1. The number of nitrogens with zero attached hydrogens (tertiary/aromatic N) is 1. The smallest absolute Gasteiger partial charge is 0.335 e. The summed E-state index contributed by atoms with van der Waals surface area (Å²) in [6.45, 7) is 3.53. The highest BCUT2D eigenvalue weighted by Gasteiger charge is 2.45. The Labute approximate surface area is 192 Å². The normalized spacial score (nSPS) is 12.0. The fraction of sp³-hybridized carbons (Fsp3) is 0.304. The van der Waals surface area contributed by atoms with Crippen LogP contribution in [0.4, 0.5) is 5.69 Å². The molecule has 7 nitrogen and oxygen atoms in total. The maximum atomic E-state index is 12.4. The predicted octanol–water partition coefficient (Wildman–Crippen LogP) is 5.76. The maximum Gasteiger partial charge on any atom is 0.335 e. The van der Waals surface area contributed by atoms with Crippen molar-refractivity contribution in [3.8, 4) is 11.3 Å². The zero-order valence-corrected chi connectivity index (χ0v) is 19.6. The molecule has 3 N–H and O–H groups in total. The standard InChI is InChI=1S/C23H26ClN2O5P/c1-3-23(4-2,32(28,29)30)17-7-11-19(12-8-17)26-21(27)14-13-20-22(25-15-31-20)16-5-9-18(24)10-6-16/h5-12,15H,3-4,13-14H2,1-2H3,(H,26,27)(H2,28,29,30). The summed E-state index contributed by atoms with van der Waals surface area (Å²) in [6, 6.07) is 13.9. The number of benzene rings is 2. The van der Waals surface area contributed by atoms with Gasteiger partial charge in [0.1, 0.15) is 11.5 Å². The van der Waals surface area contributed by atoms with Crippen LogP contribution in [0.1, 0.15) is 44.4 Å². The molecule has 32 heavy (non-hydrogen) atoms. The number of hydrogen-bond donors (Lipinski definition) is 3. The van der Waals surface area contributed by atoms with Gasteiger partial charge in [-0.05, 0) is 42.7 Å². The number of oxazole rings is 1. The maximum absolute atomic E-state index is 12.4. The van der Waals surface area contributed by atoms with Crippen molar-refractivity contribution in [3.63, 3.8) is 0 Å². The molecule has 0 fully saturated rings. The lowest BCUT2D eigenvalue weighted by Gasteiger charge is -2.33. The van der Waals surface area contributed by atoms with E-state index in [0.717, 1.165) is 5.56 Å². The number of hydrogen-bond acceptors (Lipinski definition) is 4. The van der Waals surface area contributed by atoms with Crippen LogP contribution in [0.15, 0.2) is 59.3 Å². The lowest BCUT2D eigenvalue weighted by molar-refractivity contribution is -0.116. The summed E-state index contributed by atoms with van der Waals surface area (Å²) in [7, 11) is -4.35. The minimum Gasteiger partial charge on any atom is -0.448 e. The Hall–Kier alpha value is -2.44. The quantitative estimate of drug-likeness (QED) is 0.338. The average molecular weight is 477 g/mol. The van der Waals surface area contributed by atoms with E-state index in [1.165, 1.54) is 6.39 Å². The molecule has 3 aromatic rings. The Kier molecular flexibility index (Phi) is 7.57. The Morgan fingerprint density at radius 2 is 1.72 bits per heavy atom. The van der Waals surface area contributed by atoms with Crippen molar-refractivity contribution >= 4 is 30.8 Å². The van der Waals surface area contributed by atoms with Gasteiger partial charge in [-0.1, -0.05) is 49.7 Å². The van der Waals surface area contributed by atoms with Crippen LogP contribution in [0.25, 0.3) is 11.3 Å². The van der Waals surface area contributed by atoms with Gasteiger partial charge in [-0.2, -0.15) is 0 Å². The highest BCUT2D eigenvalue weighted by molar-refractivity contribution is 7.53. The van der Waals surface area contributed by atoms with Crippen molar-refractivity contribution < 1.29 is 23.6 Å². The van der Waals surface area contributed by atoms with Crippen molar-refractivity contribution in [2.24, 2.45) is 0 Å². The first-order valence-corrected chi connectivity index (χ1v) is 12.3. The van der Waals surface area contributed by atoms with Gasteiger partial charge in [0.15, 0.2) is 6.39 Å². The summed E-state index contributed by atoms with van der Waals surface area (Å²) < 4.78 is 17.6. The van der Waals surface area contributed by atoms with Gasteiger partial charge in [0, 0.05) is 29.1 Å². The molecule has 0 atom stereocenters. The third kappa shape index (κ3) is 5.13. The fourth-order valence-electron chi connectivity index (χ4n) is 3.84. The van der Waals surface area contributed by atoms with E-state index in [1.54, 1.807) is 50.2 Å². The average Bonchev–Trinajstić information content (AvgIpc) is 3.23. The molecule has 0 aliphatic heterocycles. The first-order valence-electron chi connectivity index (χ1n) is 10.3. The largest absolute Gasteiger partial charge is 0.448 e. The van der Waals surface area contributed by atoms with Crippen LogP contribution < -0.4 is 5.32 Å². The van der Waals surface area contributed by atoms with Gasteiger partial charge in [0.05, 0.1) is 5.16 Å². The summed E-state index contributed by atoms with van der Waals surface area (Å²) in [6.07, 6.45) is 2.53. The number of aryl methyl sites for hydroxylation is 1. The predicted molar refractivity (Wildman–Crippen MR) is 125 cm³/mol. The van der Waals surface area contributed by atoms with Gasteiger partial charge in [0.25, 0.3) is 0 Å². The number of anilines is 1. The molecule has 0 radical (unpaired) electrons. The number of rotatable bonds is 9. The lowest BCUT2D eigenvalue weighted by atomic mass is 9.92. The molecule has 1 heterocycles. The van der Waals surface area contributed by atoms with E-state index in [9.17, 15) is 19.1 Å². The van der Waals surface area contributed by atoms with Crippen molar-refractivity contribution in [1.29, 1.82) is 0 Å². The molecule has 9 heteroatoms. The summed E-state index contributed by atoms with van der Waals surface area (Å²) >= 11 is 5.93. The number of aromatic nitrogens is 1. The van der Waals surface area contributed by atoms with Gasteiger partial charge in [-0.25, -0.2) is 4.98 Å². The van der Waals surface area contributed by atoms with Gasteiger partial charge in [-0.3, -0.25) is 9.36 Å². The zero-order valence-electron chi connectivity index (χ0n) is 17.9. The van der Waals surface area contributed by atoms with Crippen LogP contribution >= 0.6 is 19.2 Å². The van der Waals surface area contributed by atoms with Crippen LogP contribution in [-0.2, 0) is 20.9 Å². The molecule has 170 valence electrons. The van der Waals surface area contributed by atoms with Gasteiger partial charge < -0.3 is 19.5 Å². The SMILES string of the molecule is CCC(CC)(c1ccc(NC(=O)CCc2ocnc2-c2ccc(Cl)cc2)cc1)P(=O)(O)O.